The summed E-state index contributed by atoms with van der Waals surface area (Å²) in [4.78, 5) is 27.4. The molecule has 3 aromatic rings. The van der Waals surface area contributed by atoms with Gasteiger partial charge in [-0.15, -0.1) is 0 Å². The number of nitrogens with zero attached hydrogens (tertiary/aromatic N) is 4. The molecule has 1 aliphatic heterocycles. The number of carbonyl (C=O) groups excluding carboxylic acids is 1. The first-order chi connectivity index (χ1) is 13.1. The average Bonchev–Trinajstić information content (AvgIpc) is 3.33. The van der Waals surface area contributed by atoms with Gasteiger partial charge in [0.15, 0.2) is 0 Å². The van der Waals surface area contributed by atoms with Gasteiger partial charge in [0, 0.05) is 24.2 Å². The minimum absolute atomic E-state index is 0.143. The van der Waals surface area contributed by atoms with E-state index in [-0.39, 0.29) is 11.9 Å². The second-order valence-corrected chi connectivity index (χ2v) is 7.04. The highest BCUT2D eigenvalue weighted by molar-refractivity contribution is 6.31. The molecule has 0 radical (unpaired) electrons. The predicted molar refractivity (Wildman–Crippen MR) is 101 cm³/mol. The van der Waals surface area contributed by atoms with Gasteiger partial charge in [-0.2, -0.15) is 0 Å². The Bertz CT molecular complexity index is 955. The van der Waals surface area contributed by atoms with Crippen molar-refractivity contribution >= 4 is 17.5 Å². The van der Waals surface area contributed by atoms with Gasteiger partial charge in [-0.3, -0.25) is 9.78 Å². The fourth-order valence-electron chi connectivity index (χ4n) is 3.30. The molecule has 3 heterocycles. The third-order valence-corrected chi connectivity index (χ3v) is 5.06. The van der Waals surface area contributed by atoms with Crippen LogP contribution in [0.5, 0.6) is 0 Å². The molecule has 2 aromatic heterocycles. The molecule has 0 N–H and O–H groups in total. The molecule has 6 nitrogen and oxygen atoms in total. The maximum absolute atomic E-state index is 12.8. The topological polar surface area (TPSA) is 72.1 Å². The molecule has 1 saturated heterocycles. The molecule has 138 valence electrons. The van der Waals surface area contributed by atoms with Gasteiger partial charge >= 0.3 is 0 Å². The van der Waals surface area contributed by atoms with Crippen LogP contribution in [0.3, 0.4) is 0 Å². The Morgan fingerprint density at radius 2 is 2.07 bits per heavy atom. The minimum atomic E-state index is -0.180. The molecule has 1 aliphatic rings. The second kappa shape index (κ2) is 7.48. The fraction of sp³-hybridized carbons (Fsp3) is 0.300. The fourth-order valence-corrected chi connectivity index (χ4v) is 3.51. The van der Waals surface area contributed by atoms with E-state index in [1.807, 2.05) is 31.2 Å². The van der Waals surface area contributed by atoms with Crippen molar-refractivity contribution < 1.29 is 9.21 Å². The van der Waals surface area contributed by atoms with Crippen LogP contribution in [0.2, 0.25) is 5.02 Å². The van der Waals surface area contributed by atoms with Crippen LogP contribution < -0.4 is 0 Å². The predicted octanol–water partition coefficient (Wildman–Crippen LogP) is 3.99. The highest BCUT2D eigenvalue weighted by Gasteiger charge is 2.34. The van der Waals surface area contributed by atoms with E-state index in [0.717, 1.165) is 29.9 Å². The Morgan fingerprint density at radius 1 is 1.22 bits per heavy atom. The van der Waals surface area contributed by atoms with Gasteiger partial charge in [-0.25, -0.2) is 9.97 Å². The number of hydrogen-bond acceptors (Lipinski definition) is 5. The molecule has 0 bridgehead atoms. The van der Waals surface area contributed by atoms with Crippen LogP contribution in [-0.2, 0) is 6.42 Å². The van der Waals surface area contributed by atoms with Crippen molar-refractivity contribution in [3.05, 3.63) is 76.5 Å². The molecule has 1 unspecified atom stereocenters. The van der Waals surface area contributed by atoms with Crippen LogP contribution in [0.4, 0.5) is 0 Å². The number of hydrogen-bond donors (Lipinski definition) is 0. The molecule has 7 heteroatoms. The summed E-state index contributed by atoms with van der Waals surface area (Å²) in [7, 11) is 0. The summed E-state index contributed by atoms with van der Waals surface area (Å²) in [5, 5.41) is 0.700. The number of oxazole rings is 1. The third-order valence-electron chi connectivity index (χ3n) is 4.69. The van der Waals surface area contributed by atoms with Crippen molar-refractivity contribution in [3.63, 3.8) is 0 Å². The lowest BCUT2D eigenvalue weighted by atomic mass is 10.1. The summed E-state index contributed by atoms with van der Waals surface area (Å²) in [6.07, 6.45) is 7.12. The number of amides is 1. The van der Waals surface area contributed by atoms with E-state index >= 15 is 0 Å². The lowest BCUT2D eigenvalue weighted by molar-refractivity contribution is 0.0708. The number of aromatic nitrogens is 3. The number of aryl methyl sites for hydroxylation is 1. The van der Waals surface area contributed by atoms with E-state index in [9.17, 15) is 4.79 Å². The first-order valence-corrected chi connectivity index (χ1v) is 9.27. The summed E-state index contributed by atoms with van der Waals surface area (Å²) >= 11 is 6.22. The molecule has 0 spiro atoms. The van der Waals surface area contributed by atoms with Crippen molar-refractivity contribution in [2.75, 3.05) is 6.54 Å². The van der Waals surface area contributed by atoms with E-state index < -0.39 is 0 Å². The van der Waals surface area contributed by atoms with Crippen molar-refractivity contribution in [3.8, 4) is 0 Å². The maximum atomic E-state index is 12.8. The first-order valence-electron chi connectivity index (χ1n) is 8.89. The summed E-state index contributed by atoms with van der Waals surface area (Å²) in [6.45, 7) is 2.49. The monoisotopic (exact) mass is 382 g/mol. The standard InChI is InChI=1S/C20H19ClN4O2/c1-13-10-23-17(12-22-13)20(26)25-8-4-7-18(25)19-24-11-15(27-19)9-14-5-2-3-6-16(14)21/h2-3,5-6,10-12,18H,4,7-9H2,1H3. The van der Waals surface area contributed by atoms with Gasteiger partial charge in [-0.05, 0) is 31.4 Å². The largest absolute Gasteiger partial charge is 0.443 e. The van der Waals surface area contributed by atoms with Crippen molar-refractivity contribution in [2.45, 2.75) is 32.2 Å². The van der Waals surface area contributed by atoms with E-state index in [4.69, 9.17) is 16.0 Å². The maximum Gasteiger partial charge on any atom is 0.274 e. The molecule has 4 rings (SSSR count). The number of halogens is 1. The number of rotatable bonds is 4. The third kappa shape index (κ3) is 3.71. The lowest BCUT2D eigenvalue weighted by Gasteiger charge is -2.21. The molecule has 1 fully saturated rings. The van der Waals surface area contributed by atoms with Crippen LogP contribution in [0.1, 0.15) is 52.3 Å². The molecule has 27 heavy (non-hydrogen) atoms. The van der Waals surface area contributed by atoms with Crippen LogP contribution in [0.25, 0.3) is 0 Å². The Labute approximate surface area is 162 Å². The van der Waals surface area contributed by atoms with Gasteiger partial charge in [0.1, 0.15) is 17.5 Å². The summed E-state index contributed by atoms with van der Waals surface area (Å²) in [6, 6.07) is 7.48. The van der Waals surface area contributed by atoms with Gasteiger partial charge in [0.2, 0.25) is 5.89 Å². The quantitative estimate of drug-likeness (QED) is 0.682. The van der Waals surface area contributed by atoms with Crippen LogP contribution in [0, 0.1) is 6.92 Å². The van der Waals surface area contributed by atoms with Crippen molar-refractivity contribution in [1.82, 2.24) is 19.9 Å². The van der Waals surface area contributed by atoms with Crippen molar-refractivity contribution in [2.24, 2.45) is 0 Å². The van der Waals surface area contributed by atoms with Gasteiger partial charge in [-0.1, -0.05) is 29.8 Å². The van der Waals surface area contributed by atoms with Gasteiger partial charge in [0.05, 0.1) is 18.1 Å². The van der Waals surface area contributed by atoms with E-state index in [0.29, 0.717) is 29.6 Å². The van der Waals surface area contributed by atoms with Crippen LogP contribution in [-0.4, -0.2) is 32.3 Å². The molecule has 0 saturated carbocycles. The molecule has 1 aromatic carbocycles. The Kier molecular flexibility index (Phi) is 4.90. The zero-order valence-electron chi connectivity index (χ0n) is 14.9. The second-order valence-electron chi connectivity index (χ2n) is 6.63. The highest BCUT2D eigenvalue weighted by Crippen LogP contribution is 2.33. The normalized spacial score (nSPS) is 16.7. The SMILES string of the molecule is Cc1cnc(C(=O)N2CCCC2c2ncc(Cc3ccccc3Cl)o2)cn1. The van der Waals surface area contributed by atoms with Crippen LogP contribution in [0.15, 0.2) is 47.3 Å². The number of benzene rings is 1. The molecule has 0 aliphatic carbocycles. The van der Waals surface area contributed by atoms with Gasteiger partial charge < -0.3 is 9.32 Å². The Balaban J connectivity index is 1.52. The van der Waals surface area contributed by atoms with E-state index in [1.165, 1.54) is 6.20 Å². The summed E-state index contributed by atoms with van der Waals surface area (Å²) < 4.78 is 5.96. The zero-order chi connectivity index (χ0) is 18.8. The molecule has 1 amide bonds. The smallest absolute Gasteiger partial charge is 0.274 e. The van der Waals surface area contributed by atoms with Gasteiger partial charge in [0.25, 0.3) is 5.91 Å². The van der Waals surface area contributed by atoms with Crippen molar-refractivity contribution in [1.29, 1.82) is 0 Å². The average molecular weight is 383 g/mol. The first kappa shape index (κ1) is 17.7. The van der Waals surface area contributed by atoms with E-state index in [2.05, 4.69) is 15.0 Å². The zero-order valence-corrected chi connectivity index (χ0v) is 15.7. The minimum Gasteiger partial charge on any atom is -0.443 e. The molecular weight excluding hydrogens is 364 g/mol. The number of likely N-dealkylation sites (tertiary alicyclic amines) is 1. The molecular formula is C20H19ClN4O2. The van der Waals surface area contributed by atoms with Crippen LogP contribution >= 0.6 is 11.6 Å². The lowest BCUT2D eigenvalue weighted by Crippen LogP contribution is -2.31. The van der Waals surface area contributed by atoms with E-state index in [1.54, 1.807) is 17.3 Å². The summed E-state index contributed by atoms with van der Waals surface area (Å²) in [5.41, 5.74) is 2.10. The molecule has 1 atom stereocenters. The highest BCUT2D eigenvalue weighted by atomic mass is 35.5. The Hall–Kier alpha value is -2.73. The Morgan fingerprint density at radius 3 is 2.85 bits per heavy atom. The summed E-state index contributed by atoms with van der Waals surface area (Å²) in [5.74, 6) is 1.14. The number of carbonyl (C=O) groups is 1.